The van der Waals surface area contributed by atoms with Gasteiger partial charge in [-0.15, -0.1) is 0 Å². The Bertz CT molecular complexity index is 414. The van der Waals surface area contributed by atoms with Crippen LogP contribution in [0.25, 0.3) is 0 Å². The Morgan fingerprint density at radius 1 is 1.33 bits per heavy atom. The van der Waals surface area contributed by atoms with Crippen LogP contribution in [0, 0.1) is 0 Å². The van der Waals surface area contributed by atoms with Crippen LogP contribution < -0.4 is 5.32 Å². The van der Waals surface area contributed by atoms with Crippen LogP contribution in [0.2, 0.25) is 10.0 Å². The maximum atomic E-state index is 5.98. The third-order valence-electron chi connectivity index (χ3n) is 3.17. The van der Waals surface area contributed by atoms with Gasteiger partial charge in [0, 0.05) is 19.4 Å². The van der Waals surface area contributed by atoms with E-state index in [1.807, 2.05) is 19.1 Å². The molecule has 0 bridgehead atoms. The molecule has 1 fully saturated rings. The van der Waals surface area contributed by atoms with Gasteiger partial charge in [-0.05, 0) is 31.5 Å². The van der Waals surface area contributed by atoms with Gasteiger partial charge in [0.1, 0.15) is 6.10 Å². The first kappa shape index (κ1) is 13.9. The lowest BCUT2D eigenvalue weighted by molar-refractivity contribution is -0.118. The van der Waals surface area contributed by atoms with E-state index in [2.05, 4.69) is 5.32 Å². The number of halogens is 2. The molecule has 1 aliphatic rings. The first-order valence-electron chi connectivity index (χ1n) is 6.01. The summed E-state index contributed by atoms with van der Waals surface area (Å²) in [6, 6.07) is 5.77. The highest BCUT2D eigenvalue weighted by atomic mass is 35.5. The van der Waals surface area contributed by atoms with Crippen molar-refractivity contribution < 1.29 is 9.47 Å². The van der Waals surface area contributed by atoms with E-state index in [4.69, 9.17) is 32.7 Å². The largest absolute Gasteiger partial charge is 0.379 e. The highest BCUT2D eigenvalue weighted by Gasteiger charge is 2.42. The van der Waals surface area contributed by atoms with Gasteiger partial charge in [0.15, 0.2) is 0 Å². The maximum absolute atomic E-state index is 5.98. The van der Waals surface area contributed by atoms with Crippen LogP contribution in [0.15, 0.2) is 18.2 Å². The van der Waals surface area contributed by atoms with Crippen LogP contribution >= 0.6 is 23.2 Å². The van der Waals surface area contributed by atoms with E-state index in [0.717, 1.165) is 12.1 Å². The lowest BCUT2D eigenvalue weighted by atomic mass is 9.85. The van der Waals surface area contributed by atoms with Gasteiger partial charge in [-0.2, -0.15) is 0 Å². The zero-order valence-electron chi connectivity index (χ0n) is 10.5. The van der Waals surface area contributed by atoms with Gasteiger partial charge in [-0.1, -0.05) is 23.2 Å². The number of benzene rings is 1. The molecule has 0 amide bonds. The minimum absolute atomic E-state index is 0.0828. The van der Waals surface area contributed by atoms with Crippen LogP contribution in [0.5, 0.6) is 0 Å². The van der Waals surface area contributed by atoms with Crippen molar-refractivity contribution in [2.24, 2.45) is 0 Å². The second-order valence-corrected chi connectivity index (χ2v) is 5.12. The minimum Gasteiger partial charge on any atom is -0.379 e. The molecule has 0 aromatic heterocycles. The fourth-order valence-corrected chi connectivity index (χ4v) is 2.51. The molecule has 0 heterocycles. The molecular weight excluding hydrogens is 273 g/mol. The van der Waals surface area contributed by atoms with E-state index in [1.165, 1.54) is 0 Å². The summed E-state index contributed by atoms with van der Waals surface area (Å²) in [5.41, 5.74) is 0.950. The van der Waals surface area contributed by atoms with Gasteiger partial charge in [-0.3, -0.25) is 0 Å². The van der Waals surface area contributed by atoms with E-state index in [9.17, 15) is 0 Å². The van der Waals surface area contributed by atoms with E-state index in [-0.39, 0.29) is 18.2 Å². The summed E-state index contributed by atoms with van der Waals surface area (Å²) < 4.78 is 11.0. The third kappa shape index (κ3) is 2.91. The Morgan fingerprint density at radius 3 is 2.72 bits per heavy atom. The number of nitrogens with one attached hydrogen (secondary N) is 1. The van der Waals surface area contributed by atoms with Crippen molar-refractivity contribution in [2.45, 2.75) is 31.6 Å². The zero-order valence-corrected chi connectivity index (χ0v) is 12.0. The van der Waals surface area contributed by atoms with Crippen molar-refractivity contribution in [1.82, 2.24) is 0 Å². The standard InChI is InChI=1S/C13H17Cl2NO2/c1-3-18-12-7-11(13(12)17-2)16-8-4-5-9(14)10(15)6-8/h4-6,11-13,16H,3,7H2,1-2H3. The first-order chi connectivity index (χ1) is 8.65. The summed E-state index contributed by atoms with van der Waals surface area (Å²) in [7, 11) is 1.71. The van der Waals surface area contributed by atoms with Gasteiger partial charge in [0.25, 0.3) is 0 Å². The van der Waals surface area contributed by atoms with Gasteiger partial charge < -0.3 is 14.8 Å². The minimum atomic E-state index is 0.0828. The Hall–Kier alpha value is -0.480. The van der Waals surface area contributed by atoms with Gasteiger partial charge >= 0.3 is 0 Å². The second kappa shape index (κ2) is 6.11. The van der Waals surface area contributed by atoms with E-state index in [1.54, 1.807) is 13.2 Å². The molecule has 1 aliphatic carbocycles. The van der Waals surface area contributed by atoms with E-state index < -0.39 is 0 Å². The summed E-state index contributed by atoms with van der Waals surface area (Å²) in [5.74, 6) is 0. The summed E-state index contributed by atoms with van der Waals surface area (Å²) in [4.78, 5) is 0. The number of ether oxygens (including phenoxy) is 2. The van der Waals surface area contributed by atoms with Crippen molar-refractivity contribution in [3.05, 3.63) is 28.2 Å². The Morgan fingerprint density at radius 2 is 2.11 bits per heavy atom. The van der Waals surface area contributed by atoms with E-state index in [0.29, 0.717) is 16.7 Å². The van der Waals surface area contributed by atoms with Crippen molar-refractivity contribution in [2.75, 3.05) is 19.0 Å². The fraction of sp³-hybridized carbons (Fsp3) is 0.538. The van der Waals surface area contributed by atoms with Gasteiger partial charge in [-0.25, -0.2) is 0 Å². The number of rotatable bonds is 5. The topological polar surface area (TPSA) is 30.5 Å². The summed E-state index contributed by atoms with van der Waals surface area (Å²) >= 11 is 11.9. The Kier molecular flexibility index (Phi) is 4.73. The van der Waals surface area contributed by atoms with Crippen molar-refractivity contribution in [1.29, 1.82) is 0 Å². The van der Waals surface area contributed by atoms with Gasteiger partial charge in [0.05, 0.1) is 22.2 Å². The molecule has 1 aromatic carbocycles. The monoisotopic (exact) mass is 289 g/mol. The maximum Gasteiger partial charge on any atom is 0.103 e. The lowest BCUT2D eigenvalue weighted by Crippen LogP contribution is -2.56. The lowest BCUT2D eigenvalue weighted by Gasteiger charge is -2.43. The van der Waals surface area contributed by atoms with Crippen LogP contribution in [0.4, 0.5) is 5.69 Å². The SMILES string of the molecule is CCOC1CC(Nc2ccc(Cl)c(Cl)c2)C1OC. The molecule has 0 spiro atoms. The Labute approximate surface area is 117 Å². The smallest absolute Gasteiger partial charge is 0.103 e. The van der Waals surface area contributed by atoms with Crippen LogP contribution in [-0.4, -0.2) is 32.0 Å². The second-order valence-electron chi connectivity index (χ2n) is 4.31. The number of hydrogen-bond acceptors (Lipinski definition) is 3. The average molecular weight is 290 g/mol. The molecule has 1 aromatic rings. The molecular formula is C13H17Cl2NO2. The third-order valence-corrected chi connectivity index (χ3v) is 3.91. The fourth-order valence-electron chi connectivity index (χ4n) is 2.22. The molecule has 18 heavy (non-hydrogen) atoms. The van der Waals surface area contributed by atoms with Crippen molar-refractivity contribution in [3.63, 3.8) is 0 Å². The molecule has 1 saturated carbocycles. The first-order valence-corrected chi connectivity index (χ1v) is 6.77. The van der Waals surface area contributed by atoms with Crippen molar-refractivity contribution in [3.8, 4) is 0 Å². The summed E-state index contributed by atoms with van der Waals surface area (Å²) in [6.45, 7) is 2.70. The predicted molar refractivity (Wildman–Crippen MR) is 74.7 cm³/mol. The number of hydrogen-bond donors (Lipinski definition) is 1. The highest BCUT2D eigenvalue weighted by molar-refractivity contribution is 6.42. The summed E-state index contributed by atoms with van der Waals surface area (Å²) in [5, 5.41) is 4.50. The average Bonchev–Trinajstić information content (AvgIpc) is 2.32. The van der Waals surface area contributed by atoms with E-state index >= 15 is 0 Å². The van der Waals surface area contributed by atoms with Crippen LogP contribution in [0.1, 0.15) is 13.3 Å². The Balaban J connectivity index is 1.96. The highest BCUT2D eigenvalue weighted by Crippen LogP contribution is 2.31. The molecule has 3 unspecified atom stereocenters. The van der Waals surface area contributed by atoms with Crippen molar-refractivity contribution >= 4 is 28.9 Å². The molecule has 1 N–H and O–H groups in total. The normalized spacial score (nSPS) is 26.8. The molecule has 3 nitrogen and oxygen atoms in total. The number of methoxy groups -OCH3 is 1. The summed E-state index contributed by atoms with van der Waals surface area (Å²) in [6.07, 6.45) is 1.20. The zero-order chi connectivity index (χ0) is 13.1. The molecule has 2 rings (SSSR count). The molecule has 0 radical (unpaired) electrons. The molecule has 0 aliphatic heterocycles. The molecule has 100 valence electrons. The van der Waals surface area contributed by atoms with Crippen LogP contribution in [-0.2, 0) is 9.47 Å². The van der Waals surface area contributed by atoms with Crippen LogP contribution in [0.3, 0.4) is 0 Å². The predicted octanol–water partition coefficient (Wildman–Crippen LogP) is 3.60. The molecule has 0 saturated heterocycles. The quantitative estimate of drug-likeness (QED) is 0.898. The van der Waals surface area contributed by atoms with Gasteiger partial charge in [0.2, 0.25) is 0 Å². The molecule has 3 atom stereocenters. The number of anilines is 1. The molecule has 5 heteroatoms.